The van der Waals surface area contributed by atoms with Gasteiger partial charge < -0.3 is 4.90 Å². The van der Waals surface area contributed by atoms with Gasteiger partial charge in [-0.3, -0.25) is 5.41 Å². The summed E-state index contributed by atoms with van der Waals surface area (Å²) >= 11 is 0. The smallest absolute Gasteiger partial charge is 0.128 e. The molecule has 2 heteroatoms. The van der Waals surface area contributed by atoms with Crippen LogP contribution in [0.3, 0.4) is 0 Å². The van der Waals surface area contributed by atoms with Crippen LogP contribution in [-0.4, -0.2) is 16.8 Å². The molecule has 1 N–H and O–H groups in total. The first-order valence-electron chi connectivity index (χ1n) is 7.19. The van der Waals surface area contributed by atoms with Crippen molar-refractivity contribution in [2.45, 2.75) is 51.6 Å². The zero-order chi connectivity index (χ0) is 12.5. The molecule has 2 unspecified atom stereocenters. The average molecular weight is 242 g/mol. The Labute approximate surface area is 110 Å². The van der Waals surface area contributed by atoms with Crippen molar-refractivity contribution in [1.29, 1.82) is 5.41 Å². The normalized spacial score (nSPS) is 28.1. The van der Waals surface area contributed by atoms with Crippen LogP contribution in [0.15, 0.2) is 24.3 Å². The summed E-state index contributed by atoms with van der Waals surface area (Å²) in [5.41, 5.74) is 2.48. The average Bonchev–Trinajstić information content (AvgIpc) is 2.57. The lowest BCUT2D eigenvalue weighted by molar-refractivity contribution is 0.283. The van der Waals surface area contributed by atoms with Crippen LogP contribution in [0.4, 0.5) is 0 Å². The maximum absolute atomic E-state index is 8.37. The second kappa shape index (κ2) is 4.75. The summed E-state index contributed by atoms with van der Waals surface area (Å²) in [7, 11) is 0. The Balaban J connectivity index is 1.77. The van der Waals surface area contributed by atoms with Gasteiger partial charge in [0.1, 0.15) is 5.84 Å². The number of amidine groups is 1. The molecule has 1 aliphatic carbocycles. The highest BCUT2D eigenvalue weighted by Crippen LogP contribution is 2.31. The van der Waals surface area contributed by atoms with Crippen LogP contribution in [0, 0.1) is 11.3 Å². The molecule has 0 saturated heterocycles. The number of hydrogen-bond donors (Lipinski definition) is 1. The van der Waals surface area contributed by atoms with Crippen LogP contribution in [0.5, 0.6) is 0 Å². The van der Waals surface area contributed by atoms with E-state index in [-0.39, 0.29) is 0 Å². The van der Waals surface area contributed by atoms with Crippen molar-refractivity contribution in [3.05, 3.63) is 35.4 Å². The molecule has 1 saturated carbocycles. The van der Waals surface area contributed by atoms with Gasteiger partial charge in [-0.25, -0.2) is 0 Å². The highest BCUT2D eigenvalue weighted by Gasteiger charge is 2.30. The number of hydrogen-bond acceptors (Lipinski definition) is 1. The Bertz CT molecular complexity index is 452. The molecule has 1 aromatic carbocycles. The minimum Gasteiger partial charge on any atom is -0.349 e. The molecule has 2 aliphatic rings. The SMILES string of the molecule is CC1CCCC(N2Cc3ccccc3C2=N)CC1. The largest absolute Gasteiger partial charge is 0.349 e. The molecule has 0 radical (unpaired) electrons. The summed E-state index contributed by atoms with van der Waals surface area (Å²) in [5.74, 6) is 1.62. The molecule has 2 nitrogen and oxygen atoms in total. The lowest BCUT2D eigenvalue weighted by Crippen LogP contribution is -2.35. The molecule has 2 atom stereocenters. The predicted molar refractivity (Wildman–Crippen MR) is 74.9 cm³/mol. The number of nitrogens with one attached hydrogen (secondary N) is 1. The van der Waals surface area contributed by atoms with Gasteiger partial charge in [0.05, 0.1) is 0 Å². The van der Waals surface area contributed by atoms with E-state index in [9.17, 15) is 0 Å². The van der Waals surface area contributed by atoms with Crippen molar-refractivity contribution < 1.29 is 0 Å². The first kappa shape index (κ1) is 11.8. The van der Waals surface area contributed by atoms with Gasteiger partial charge in [0, 0.05) is 18.2 Å². The van der Waals surface area contributed by atoms with Gasteiger partial charge in [0.25, 0.3) is 0 Å². The van der Waals surface area contributed by atoms with Crippen molar-refractivity contribution in [3.63, 3.8) is 0 Å². The third kappa shape index (κ3) is 2.05. The molecule has 1 fully saturated rings. The van der Waals surface area contributed by atoms with E-state index in [0.717, 1.165) is 23.9 Å². The molecule has 1 aromatic rings. The summed E-state index contributed by atoms with van der Waals surface area (Å²) in [4.78, 5) is 2.34. The van der Waals surface area contributed by atoms with E-state index in [4.69, 9.17) is 5.41 Å². The van der Waals surface area contributed by atoms with Crippen molar-refractivity contribution >= 4 is 5.84 Å². The summed E-state index contributed by atoms with van der Waals surface area (Å²) in [6, 6.07) is 8.99. The topological polar surface area (TPSA) is 27.1 Å². The van der Waals surface area contributed by atoms with E-state index in [0.29, 0.717) is 6.04 Å². The summed E-state index contributed by atoms with van der Waals surface area (Å²) in [6.07, 6.45) is 6.54. The van der Waals surface area contributed by atoms with Gasteiger partial charge in [0.2, 0.25) is 0 Å². The Morgan fingerprint density at radius 2 is 1.94 bits per heavy atom. The Kier molecular flexibility index (Phi) is 3.11. The van der Waals surface area contributed by atoms with Crippen LogP contribution in [0.1, 0.15) is 50.2 Å². The maximum atomic E-state index is 8.37. The van der Waals surface area contributed by atoms with Crippen molar-refractivity contribution in [2.75, 3.05) is 0 Å². The molecule has 3 rings (SSSR count). The molecular formula is C16H22N2. The Morgan fingerprint density at radius 3 is 2.78 bits per heavy atom. The molecule has 18 heavy (non-hydrogen) atoms. The number of nitrogens with zero attached hydrogens (tertiary/aromatic N) is 1. The number of rotatable bonds is 1. The fraction of sp³-hybridized carbons (Fsp3) is 0.562. The fourth-order valence-corrected chi connectivity index (χ4v) is 3.40. The van der Waals surface area contributed by atoms with E-state index >= 15 is 0 Å². The highest BCUT2D eigenvalue weighted by molar-refractivity contribution is 6.00. The van der Waals surface area contributed by atoms with E-state index in [1.807, 2.05) is 6.07 Å². The first-order chi connectivity index (χ1) is 8.75. The highest BCUT2D eigenvalue weighted by atomic mass is 15.2. The van der Waals surface area contributed by atoms with Gasteiger partial charge in [-0.2, -0.15) is 0 Å². The second-order valence-electron chi connectivity index (χ2n) is 5.90. The molecule has 0 amide bonds. The second-order valence-corrected chi connectivity index (χ2v) is 5.90. The first-order valence-corrected chi connectivity index (χ1v) is 7.19. The van der Waals surface area contributed by atoms with Gasteiger partial charge in [-0.1, -0.05) is 44.0 Å². The molecule has 0 bridgehead atoms. The van der Waals surface area contributed by atoms with E-state index in [1.54, 1.807) is 0 Å². The zero-order valence-electron chi connectivity index (χ0n) is 11.2. The number of benzene rings is 1. The van der Waals surface area contributed by atoms with Crippen molar-refractivity contribution in [2.24, 2.45) is 5.92 Å². The third-order valence-corrected chi connectivity index (χ3v) is 4.57. The quantitative estimate of drug-likeness (QED) is 0.745. The molecule has 0 spiro atoms. The third-order valence-electron chi connectivity index (χ3n) is 4.57. The van der Waals surface area contributed by atoms with Crippen LogP contribution >= 0.6 is 0 Å². The Hall–Kier alpha value is -1.31. The maximum Gasteiger partial charge on any atom is 0.128 e. The Morgan fingerprint density at radius 1 is 1.11 bits per heavy atom. The molecule has 1 heterocycles. The number of fused-ring (bicyclic) bond motifs is 1. The van der Waals surface area contributed by atoms with E-state index in [1.165, 1.54) is 37.7 Å². The molecule has 1 aliphatic heterocycles. The minimum absolute atomic E-state index is 0.592. The van der Waals surface area contributed by atoms with Crippen molar-refractivity contribution in [1.82, 2.24) is 4.90 Å². The molecule has 96 valence electrons. The van der Waals surface area contributed by atoms with Gasteiger partial charge in [-0.15, -0.1) is 0 Å². The van der Waals surface area contributed by atoms with Crippen LogP contribution in [0.25, 0.3) is 0 Å². The molecule has 0 aromatic heterocycles. The molecular weight excluding hydrogens is 220 g/mol. The lowest BCUT2D eigenvalue weighted by atomic mass is 10.0. The van der Waals surface area contributed by atoms with E-state index in [2.05, 4.69) is 30.0 Å². The van der Waals surface area contributed by atoms with Crippen LogP contribution < -0.4 is 0 Å². The van der Waals surface area contributed by atoms with Crippen LogP contribution in [-0.2, 0) is 6.54 Å². The zero-order valence-corrected chi connectivity index (χ0v) is 11.2. The summed E-state index contributed by atoms with van der Waals surface area (Å²) in [5, 5.41) is 8.37. The van der Waals surface area contributed by atoms with Crippen molar-refractivity contribution in [3.8, 4) is 0 Å². The van der Waals surface area contributed by atoms with Crippen LogP contribution in [0.2, 0.25) is 0 Å². The van der Waals surface area contributed by atoms with Gasteiger partial charge in [-0.05, 0) is 30.7 Å². The van der Waals surface area contributed by atoms with Gasteiger partial charge in [0.15, 0.2) is 0 Å². The predicted octanol–water partition coefficient (Wildman–Crippen LogP) is 3.80. The summed E-state index contributed by atoms with van der Waals surface area (Å²) < 4.78 is 0. The van der Waals surface area contributed by atoms with E-state index < -0.39 is 0 Å². The lowest BCUT2D eigenvalue weighted by Gasteiger charge is -2.28. The standard InChI is InChI=1S/C16H22N2/c1-12-5-4-7-14(10-9-12)18-11-13-6-2-3-8-15(13)16(18)17/h2-3,6,8,12,14,17H,4-5,7,9-11H2,1H3. The summed E-state index contributed by atoms with van der Waals surface area (Å²) in [6.45, 7) is 3.32. The minimum atomic E-state index is 0.592. The monoisotopic (exact) mass is 242 g/mol. The van der Waals surface area contributed by atoms with Gasteiger partial charge >= 0.3 is 0 Å². The fourth-order valence-electron chi connectivity index (χ4n) is 3.40.